The number of hydrogen-bond donors (Lipinski definition) is 1. The van der Waals surface area contributed by atoms with Gasteiger partial charge in [-0.2, -0.15) is 0 Å². The van der Waals surface area contributed by atoms with Crippen molar-refractivity contribution < 1.29 is 9.72 Å². The van der Waals surface area contributed by atoms with Crippen LogP contribution < -0.4 is 10.2 Å². The second-order valence-corrected chi connectivity index (χ2v) is 5.76. The van der Waals surface area contributed by atoms with E-state index in [1.807, 2.05) is 0 Å². The first-order valence-electron chi connectivity index (χ1n) is 7.34. The minimum atomic E-state index is -0.591. The molecule has 1 unspecified atom stereocenters. The van der Waals surface area contributed by atoms with Gasteiger partial charge in [0, 0.05) is 25.0 Å². The molecule has 0 saturated carbocycles. The van der Waals surface area contributed by atoms with E-state index in [0.717, 1.165) is 6.42 Å². The third-order valence-corrected chi connectivity index (χ3v) is 3.94. The number of nitrogens with one attached hydrogen (secondary N) is 1. The summed E-state index contributed by atoms with van der Waals surface area (Å²) < 4.78 is 0. The molecule has 1 saturated heterocycles. The number of nitro groups is 1. The van der Waals surface area contributed by atoms with Gasteiger partial charge < -0.3 is 10.2 Å². The van der Waals surface area contributed by atoms with Crippen LogP contribution in [0.5, 0.6) is 0 Å². The first-order valence-corrected chi connectivity index (χ1v) is 7.72. The van der Waals surface area contributed by atoms with Crippen molar-refractivity contribution in [2.24, 2.45) is 0 Å². The molecule has 124 valence electrons. The van der Waals surface area contributed by atoms with Crippen LogP contribution in [0.1, 0.15) is 12.8 Å². The van der Waals surface area contributed by atoms with Crippen LogP contribution in [0, 0.1) is 10.1 Å². The van der Waals surface area contributed by atoms with E-state index in [9.17, 15) is 14.9 Å². The Balaban J connectivity index is 1.83. The number of carbonyl (C=O) groups excluding carboxylic acids is 1. The highest BCUT2D eigenvalue weighted by Gasteiger charge is 2.31. The lowest BCUT2D eigenvalue weighted by Crippen LogP contribution is -2.48. The number of hydrogen-bond acceptors (Lipinski definition) is 6. The smallest absolute Gasteiger partial charge is 0.312 e. The van der Waals surface area contributed by atoms with E-state index in [0.29, 0.717) is 18.7 Å². The molecule has 9 heteroatoms. The van der Waals surface area contributed by atoms with Gasteiger partial charge in [0.2, 0.25) is 11.7 Å². The number of aromatic nitrogens is 2. The monoisotopic (exact) mass is 347 g/mol. The van der Waals surface area contributed by atoms with Crippen LogP contribution in [-0.2, 0) is 4.79 Å². The average Bonchev–Trinajstić information content (AvgIpc) is 2.59. The predicted octanol–water partition coefficient (Wildman–Crippen LogP) is 2.65. The summed E-state index contributed by atoms with van der Waals surface area (Å²) in [5.41, 5.74) is 0.446. The van der Waals surface area contributed by atoms with Gasteiger partial charge in [-0.05, 0) is 25.0 Å². The number of anilines is 2. The summed E-state index contributed by atoms with van der Waals surface area (Å²) in [6.07, 6.45) is 5.89. The lowest BCUT2D eigenvalue weighted by molar-refractivity contribution is -0.384. The highest BCUT2D eigenvalue weighted by molar-refractivity contribution is 6.30. The molecule has 0 bridgehead atoms. The lowest BCUT2D eigenvalue weighted by Gasteiger charge is -2.32. The highest BCUT2D eigenvalue weighted by Crippen LogP contribution is 2.28. The van der Waals surface area contributed by atoms with Gasteiger partial charge >= 0.3 is 5.69 Å². The van der Waals surface area contributed by atoms with Crippen LogP contribution in [0.15, 0.2) is 36.8 Å². The van der Waals surface area contributed by atoms with E-state index in [1.54, 1.807) is 29.4 Å². The molecule has 0 spiro atoms. The largest absolute Gasteiger partial charge is 0.353 e. The molecule has 2 aromatic rings. The molecule has 24 heavy (non-hydrogen) atoms. The lowest BCUT2D eigenvalue weighted by atomic mass is 10.0. The standard InChI is InChI=1S/C15H14ClN5O3/c16-10-7-13(21(23)24)14(18-8-10)19-12-4-2-6-20(15(12)22)11-3-1-5-17-9-11/h1,3,5,7-9,12H,2,4,6H2,(H,18,19). The number of amides is 1. The number of pyridine rings is 2. The molecule has 0 radical (unpaired) electrons. The molecule has 1 N–H and O–H groups in total. The minimum absolute atomic E-state index is 0.0378. The van der Waals surface area contributed by atoms with Crippen LogP contribution in [0.4, 0.5) is 17.2 Å². The van der Waals surface area contributed by atoms with Crippen molar-refractivity contribution in [3.05, 3.63) is 51.9 Å². The number of nitrogens with zero attached hydrogens (tertiary/aromatic N) is 4. The molecule has 1 amide bonds. The van der Waals surface area contributed by atoms with Crippen LogP contribution >= 0.6 is 11.6 Å². The Morgan fingerprint density at radius 1 is 1.42 bits per heavy atom. The maximum absolute atomic E-state index is 12.7. The van der Waals surface area contributed by atoms with Gasteiger partial charge in [-0.15, -0.1) is 0 Å². The average molecular weight is 348 g/mol. The fraction of sp³-hybridized carbons (Fsp3) is 0.267. The molecule has 1 aliphatic rings. The molecule has 1 aliphatic heterocycles. The van der Waals surface area contributed by atoms with Gasteiger partial charge in [-0.1, -0.05) is 11.6 Å². The van der Waals surface area contributed by atoms with Gasteiger partial charge in [-0.3, -0.25) is 19.9 Å². The summed E-state index contributed by atoms with van der Waals surface area (Å²) in [7, 11) is 0. The van der Waals surface area contributed by atoms with E-state index in [-0.39, 0.29) is 22.4 Å². The van der Waals surface area contributed by atoms with Crippen LogP contribution in [0.2, 0.25) is 5.02 Å². The van der Waals surface area contributed by atoms with E-state index in [2.05, 4.69) is 15.3 Å². The Hall–Kier alpha value is -2.74. The summed E-state index contributed by atoms with van der Waals surface area (Å²) >= 11 is 5.76. The second kappa shape index (κ2) is 6.79. The molecule has 3 heterocycles. The Bertz CT molecular complexity index is 771. The Kier molecular flexibility index (Phi) is 4.57. The number of halogens is 1. The number of rotatable bonds is 4. The first kappa shape index (κ1) is 16.1. The maximum atomic E-state index is 12.7. The third kappa shape index (κ3) is 3.28. The topological polar surface area (TPSA) is 101 Å². The van der Waals surface area contributed by atoms with Crippen LogP contribution in [-0.4, -0.2) is 33.4 Å². The summed E-state index contributed by atoms with van der Waals surface area (Å²) in [5, 5.41) is 14.2. The third-order valence-electron chi connectivity index (χ3n) is 3.74. The van der Waals surface area contributed by atoms with Crippen LogP contribution in [0.3, 0.4) is 0 Å². The quantitative estimate of drug-likeness (QED) is 0.674. The summed E-state index contributed by atoms with van der Waals surface area (Å²) in [6.45, 7) is 0.582. The Labute approximate surface area is 142 Å². The molecule has 3 rings (SSSR count). The van der Waals surface area contributed by atoms with Crippen molar-refractivity contribution in [3.8, 4) is 0 Å². The molecule has 1 fully saturated rings. The summed E-state index contributed by atoms with van der Waals surface area (Å²) in [6, 6.07) is 4.18. The van der Waals surface area contributed by atoms with Gasteiger partial charge in [0.1, 0.15) is 6.04 Å². The summed E-state index contributed by atoms with van der Waals surface area (Å²) in [4.78, 5) is 32.9. The van der Waals surface area contributed by atoms with Crippen molar-refractivity contribution in [1.29, 1.82) is 0 Å². The van der Waals surface area contributed by atoms with Crippen molar-refractivity contribution >= 4 is 34.7 Å². The Morgan fingerprint density at radius 3 is 2.96 bits per heavy atom. The van der Waals surface area contributed by atoms with Gasteiger partial charge in [0.25, 0.3) is 0 Å². The fourth-order valence-electron chi connectivity index (χ4n) is 2.62. The zero-order chi connectivity index (χ0) is 17.1. The van der Waals surface area contributed by atoms with Gasteiger partial charge in [-0.25, -0.2) is 4.98 Å². The van der Waals surface area contributed by atoms with E-state index < -0.39 is 11.0 Å². The summed E-state index contributed by atoms with van der Waals surface area (Å²) in [5.74, 6) is -0.129. The second-order valence-electron chi connectivity index (χ2n) is 5.32. The zero-order valence-corrected chi connectivity index (χ0v) is 13.3. The van der Waals surface area contributed by atoms with Crippen molar-refractivity contribution in [2.75, 3.05) is 16.8 Å². The minimum Gasteiger partial charge on any atom is -0.353 e. The number of carbonyl (C=O) groups is 1. The fourth-order valence-corrected chi connectivity index (χ4v) is 2.78. The normalized spacial score (nSPS) is 17.6. The molecule has 8 nitrogen and oxygen atoms in total. The Morgan fingerprint density at radius 2 is 2.25 bits per heavy atom. The van der Waals surface area contributed by atoms with E-state index in [1.165, 1.54) is 12.3 Å². The highest BCUT2D eigenvalue weighted by atomic mass is 35.5. The predicted molar refractivity (Wildman–Crippen MR) is 89.1 cm³/mol. The van der Waals surface area contributed by atoms with E-state index >= 15 is 0 Å². The van der Waals surface area contributed by atoms with Gasteiger partial charge in [0.15, 0.2) is 0 Å². The number of piperidine rings is 1. The molecule has 0 aromatic carbocycles. The van der Waals surface area contributed by atoms with Crippen molar-refractivity contribution in [2.45, 2.75) is 18.9 Å². The molecule has 2 aromatic heterocycles. The van der Waals surface area contributed by atoms with Crippen LogP contribution in [0.25, 0.3) is 0 Å². The SMILES string of the molecule is O=C1C(Nc2ncc(Cl)cc2[N+](=O)[O-])CCCN1c1cccnc1. The van der Waals surface area contributed by atoms with Gasteiger partial charge in [0.05, 0.1) is 21.8 Å². The molecular weight excluding hydrogens is 334 g/mol. The molecule has 0 aliphatic carbocycles. The molecular formula is C15H14ClN5O3. The van der Waals surface area contributed by atoms with E-state index in [4.69, 9.17) is 11.6 Å². The van der Waals surface area contributed by atoms with Crippen molar-refractivity contribution in [1.82, 2.24) is 9.97 Å². The molecule has 1 atom stereocenters. The van der Waals surface area contributed by atoms with Crippen molar-refractivity contribution in [3.63, 3.8) is 0 Å². The zero-order valence-electron chi connectivity index (χ0n) is 12.6. The first-order chi connectivity index (χ1) is 11.6. The maximum Gasteiger partial charge on any atom is 0.312 e.